The summed E-state index contributed by atoms with van der Waals surface area (Å²) in [6.45, 7) is 6.33. The summed E-state index contributed by atoms with van der Waals surface area (Å²) >= 11 is 0. The highest BCUT2D eigenvalue weighted by Crippen LogP contribution is 2.38. The maximum atomic E-state index is 13.4. The van der Waals surface area contributed by atoms with Gasteiger partial charge in [0.15, 0.2) is 5.84 Å². The molecule has 0 amide bonds. The average Bonchev–Trinajstić information content (AvgIpc) is 3.25. The van der Waals surface area contributed by atoms with Crippen molar-refractivity contribution in [3.05, 3.63) is 70.8 Å². The SMILES string of the molecule is CC(C)(C)Cc1cc(C2=NC3=CC=C(c4ccccc4C(F)(F)F)CC3=N2)on1.Cl. The van der Waals surface area contributed by atoms with Crippen LogP contribution >= 0.6 is 12.4 Å². The third-order valence-electron chi connectivity index (χ3n) is 4.63. The first-order chi connectivity index (χ1) is 13.6. The van der Waals surface area contributed by atoms with E-state index < -0.39 is 11.7 Å². The van der Waals surface area contributed by atoms with Crippen LogP contribution in [0.15, 0.2) is 62.7 Å². The zero-order chi connectivity index (χ0) is 20.8. The van der Waals surface area contributed by atoms with E-state index in [0.29, 0.717) is 28.6 Å². The highest BCUT2D eigenvalue weighted by atomic mass is 35.5. The zero-order valence-electron chi connectivity index (χ0n) is 16.7. The highest BCUT2D eigenvalue weighted by molar-refractivity contribution is 6.20. The predicted octanol–water partition coefficient (Wildman–Crippen LogP) is 6.28. The lowest BCUT2D eigenvalue weighted by molar-refractivity contribution is -0.137. The van der Waals surface area contributed by atoms with Gasteiger partial charge in [-0.05, 0) is 35.1 Å². The Balaban J connectivity index is 0.00000256. The topological polar surface area (TPSA) is 50.8 Å². The van der Waals surface area contributed by atoms with Crippen LogP contribution < -0.4 is 0 Å². The molecule has 0 spiro atoms. The van der Waals surface area contributed by atoms with Crippen LogP contribution in [0.25, 0.3) is 5.57 Å². The second kappa shape index (κ2) is 7.87. The van der Waals surface area contributed by atoms with Crippen molar-refractivity contribution in [2.45, 2.75) is 39.8 Å². The number of allylic oxidation sites excluding steroid dienone is 4. The van der Waals surface area contributed by atoms with Crippen molar-refractivity contribution in [3.63, 3.8) is 0 Å². The lowest BCUT2D eigenvalue weighted by Gasteiger charge is -2.17. The Kier molecular flexibility index (Phi) is 5.78. The summed E-state index contributed by atoms with van der Waals surface area (Å²) in [6.07, 6.45) is -0.0111. The van der Waals surface area contributed by atoms with E-state index >= 15 is 0 Å². The molecule has 0 N–H and O–H groups in total. The Labute approximate surface area is 178 Å². The summed E-state index contributed by atoms with van der Waals surface area (Å²) in [5.41, 5.74) is 2.23. The second-order valence-electron chi connectivity index (χ2n) is 8.38. The van der Waals surface area contributed by atoms with Gasteiger partial charge in [0.05, 0.1) is 22.7 Å². The van der Waals surface area contributed by atoms with Crippen molar-refractivity contribution < 1.29 is 17.7 Å². The number of fused-ring (bicyclic) bond motifs is 1. The van der Waals surface area contributed by atoms with Crippen molar-refractivity contribution in [1.82, 2.24) is 5.16 Å². The normalized spacial score (nSPS) is 16.2. The summed E-state index contributed by atoms with van der Waals surface area (Å²) in [5.74, 6) is 0.863. The van der Waals surface area contributed by atoms with E-state index in [4.69, 9.17) is 4.52 Å². The maximum absolute atomic E-state index is 13.4. The molecule has 158 valence electrons. The van der Waals surface area contributed by atoms with Crippen molar-refractivity contribution >= 4 is 29.5 Å². The van der Waals surface area contributed by atoms with Crippen LogP contribution in [-0.4, -0.2) is 16.7 Å². The molecule has 1 aromatic carbocycles. The minimum Gasteiger partial charge on any atom is -0.353 e. The number of hydrogen-bond donors (Lipinski definition) is 0. The molecule has 1 aliphatic heterocycles. The van der Waals surface area contributed by atoms with Gasteiger partial charge in [-0.25, -0.2) is 9.98 Å². The first-order valence-corrected chi connectivity index (χ1v) is 9.30. The summed E-state index contributed by atoms with van der Waals surface area (Å²) in [7, 11) is 0. The van der Waals surface area contributed by atoms with E-state index in [0.717, 1.165) is 18.2 Å². The van der Waals surface area contributed by atoms with Gasteiger partial charge in [0.2, 0.25) is 5.76 Å². The van der Waals surface area contributed by atoms with Crippen LogP contribution in [0, 0.1) is 5.41 Å². The molecule has 8 heteroatoms. The molecule has 4 rings (SSSR count). The number of aliphatic imine (C=N–C) groups is 2. The Bertz CT molecular complexity index is 1090. The monoisotopic (exact) mass is 435 g/mol. The minimum atomic E-state index is -4.41. The van der Waals surface area contributed by atoms with Gasteiger partial charge < -0.3 is 4.52 Å². The van der Waals surface area contributed by atoms with Crippen molar-refractivity contribution in [2.75, 3.05) is 0 Å². The second-order valence-corrected chi connectivity index (χ2v) is 8.38. The van der Waals surface area contributed by atoms with E-state index in [-0.39, 0.29) is 29.8 Å². The fourth-order valence-electron chi connectivity index (χ4n) is 3.42. The molecule has 30 heavy (non-hydrogen) atoms. The average molecular weight is 436 g/mol. The van der Waals surface area contributed by atoms with E-state index in [1.54, 1.807) is 18.2 Å². The number of nitrogens with zero attached hydrogens (tertiary/aromatic N) is 3. The van der Waals surface area contributed by atoms with Crippen molar-refractivity contribution in [2.24, 2.45) is 15.4 Å². The molecule has 0 bridgehead atoms. The Morgan fingerprint density at radius 1 is 1.03 bits per heavy atom. The Morgan fingerprint density at radius 2 is 1.77 bits per heavy atom. The lowest BCUT2D eigenvalue weighted by atomic mass is 9.90. The van der Waals surface area contributed by atoms with Gasteiger partial charge in [-0.15, -0.1) is 12.4 Å². The summed E-state index contributed by atoms with van der Waals surface area (Å²) in [4.78, 5) is 8.96. The number of amidine groups is 1. The molecular formula is C22H21ClF3N3O. The maximum Gasteiger partial charge on any atom is 0.416 e. The molecule has 2 heterocycles. The van der Waals surface area contributed by atoms with Crippen LogP contribution in [-0.2, 0) is 12.6 Å². The number of hydrogen-bond acceptors (Lipinski definition) is 4. The molecule has 0 fully saturated rings. The molecule has 0 unspecified atom stereocenters. The standard InChI is InChI=1S/C22H20F3N3O.ClH/c1-21(2,3)12-14-11-19(29-28-14)20-26-17-9-8-13(10-18(17)27-20)15-6-4-5-7-16(15)22(23,24)25;/h4-9,11H,10,12H2,1-3H3;1H. The predicted molar refractivity (Wildman–Crippen MR) is 113 cm³/mol. The van der Waals surface area contributed by atoms with Crippen LogP contribution in [0.2, 0.25) is 0 Å². The van der Waals surface area contributed by atoms with Gasteiger partial charge in [0, 0.05) is 12.5 Å². The van der Waals surface area contributed by atoms with Gasteiger partial charge in [-0.2, -0.15) is 13.2 Å². The van der Waals surface area contributed by atoms with E-state index in [1.807, 2.05) is 6.07 Å². The molecule has 0 saturated heterocycles. The largest absolute Gasteiger partial charge is 0.416 e. The highest BCUT2D eigenvalue weighted by Gasteiger charge is 2.34. The van der Waals surface area contributed by atoms with E-state index in [9.17, 15) is 13.2 Å². The quantitative estimate of drug-likeness (QED) is 0.570. The van der Waals surface area contributed by atoms with Gasteiger partial charge in [0.1, 0.15) is 0 Å². The van der Waals surface area contributed by atoms with Crippen LogP contribution in [0.3, 0.4) is 0 Å². The van der Waals surface area contributed by atoms with Crippen LogP contribution in [0.1, 0.15) is 49.8 Å². The van der Waals surface area contributed by atoms with Gasteiger partial charge in [-0.3, -0.25) is 0 Å². The number of halogens is 4. The first-order valence-electron chi connectivity index (χ1n) is 9.30. The molecule has 0 saturated carbocycles. The molecule has 4 nitrogen and oxygen atoms in total. The van der Waals surface area contributed by atoms with Gasteiger partial charge in [0.25, 0.3) is 0 Å². The van der Waals surface area contributed by atoms with Crippen molar-refractivity contribution in [3.8, 4) is 0 Å². The Hall–Kier alpha value is -2.67. The van der Waals surface area contributed by atoms with Crippen LogP contribution in [0.4, 0.5) is 13.2 Å². The number of alkyl halides is 3. The van der Waals surface area contributed by atoms with Gasteiger partial charge >= 0.3 is 6.18 Å². The number of rotatable bonds is 3. The first kappa shape index (κ1) is 22.0. The number of benzene rings is 1. The molecule has 1 aromatic heterocycles. The van der Waals surface area contributed by atoms with Crippen LogP contribution in [0.5, 0.6) is 0 Å². The van der Waals surface area contributed by atoms with Crippen molar-refractivity contribution in [1.29, 1.82) is 0 Å². The molecule has 2 aliphatic rings. The summed E-state index contributed by atoms with van der Waals surface area (Å²) < 4.78 is 45.5. The van der Waals surface area contributed by atoms with E-state index in [2.05, 4.69) is 35.9 Å². The number of aromatic nitrogens is 1. The summed E-state index contributed by atoms with van der Waals surface area (Å²) in [5, 5.41) is 4.08. The fourth-order valence-corrected chi connectivity index (χ4v) is 3.42. The molecule has 0 atom stereocenters. The smallest absolute Gasteiger partial charge is 0.353 e. The molecule has 2 aromatic rings. The minimum absolute atomic E-state index is 0. The zero-order valence-corrected chi connectivity index (χ0v) is 17.6. The molecule has 0 radical (unpaired) electrons. The summed E-state index contributed by atoms with van der Waals surface area (Å²) in [6, 6.07) is 7.40. The molecule has 1 aliphatic carbocycles. The fraction of sp³-hybridized carbons (Fsp3) is 0.318. The lowest BCUT2D eigenvalue weighted by Crippen LogP contribution is -2.11. The van der Waals surface area contributed by atoms with Gasteiger partial charge in [-0.1, -0.05) is 50.2 Å². The third kappa shape index (κ3) is 4.56. The third-order valence-corrected chi connectivity index (χ3v) is 4.63. The Morgan fingerprint density at radius 3 is 2.47 bits per heavy atom. The van der Waals surface area contributed by atoms with E-state index in [1.165, 1.54) is 12.1 Å². The molecular weight excluding hydrogens is 415 g/mol.